The summed E-state index contributed by atoms with van der Waals surface area (Å²) in [5, 5.41) is 5.72. The molecule has 29 heavy (non-hydrogen) atoms. The van der Waals surface area contributed by atoms with Crippen LogP contribution in [0.25, 0.3) is 0 Å². The van der Waals surface area contributed by atoms with Crippen LogP contribution in [0.1, 0.15) is 50.7 Å². The number of rotatable bonds is 2. The first-order valence-electron chi connectivity index (χ1n) is 9.42. The maximum atomic E-state index is 12.8. The molecule has 2 aliphatic rings. The van der Waals surface area contributed by atoms with Gasteiger partial charge in [0.05, 0.1) is 11.3 Å². The van der Waals surface area contributed by atoms with Crippen molar-refractivity contribution in [1.29, 1.82) is 0 Å². The molecular formula is C21H22N4O4. The molecule has 0 spiro atoms. The number of benzene rings is 1. The second-order valence-corrected chi connectivity index (χ2v) is 8.40. The van der Waals surface area contributed by atoms with Gasteiger partial charge in [-0.15, -0.1) is 0 Å². The number of carbonyl (C=O) groups excluding carboxylic acids is 2. The van der Waals surface area contributed by atoms with Gasteiger partial charge in [-0.25, -0.2) is 4.79 Å². The quantitative estimate of drug-likeness (QED) is 0.622. The van der Waals surface area contributed by atoms with Crippen molar-refractivity contribution in [2.45, 2.75) is 39.5 Å². The fourth-order valence-corrected chi connectivity index (χ4v) is 4.26. The summed E-state index contributed by atoms with van der Waals surface area (Å²) in [6.07, 6.45) is 1.02. The van der Waals surface area contributed by atoms with E-state index in [1.54, 1.807) is 12.1 Å². The molecule has 0 unspecified atom stereocenters. The second-order valence-electron chi connectivity index (χ2n) is 8.40. The molecule has 0 saturated heterocycles. The molecule has 150 valence electrons. The summed E-state index contributed by atoms with van der Waals surface area (Å²) in [6.45, 7) is 5.48. The van der Waals surface area contributed by atoms with Gasteiger partial charge in [0.2, 0.25) is 5.91 Å². The monoisotopic (exact) mass is 394 g/mol. The van der Waals surface area contributed by atoms with E-state index in [0.717, 1.165) is 11.1 Å². The molecule has 2 aromatic rings. The predicted molar refractivity (Wildman–Crippen MR) is 109 cm³/mol. The number of hydrogen-bond donors (Lipinski definition) is 4. The van der Waals surface area contributed by atoms with E-state index in [4.69, 9.17) is 0 Å². The van der Waals surface area contributed by atoms with Crippen molar-refractivity contribution in [2.24, 2.45) is 5.41 Å². The van der Waals surface area contributed by atoms with Crippen LogP contribution in [-0.4, -0.2) is 21.7 Å². The van der Waals surface area contributed by atoms with Gasteiger partial charge in [0.1, 0.15) is 5.82 Å². The average molecular weight is 394 g/mol. The van der Waals surface area contributed by atoms with E-state index in [1.165, 1.54) is 6.92 Å². The molecule has 2 heterocycles. The largest absolute Gasteiger partial charge is 0.338 e. The van der Waals surface area contributed by atoms with Crippen LogP contribution >= 0.6 is 0 Å². The third kappa shape index (κ3) is 3.41. The normalized spacial score (nSPS) is 19.8. The molecule has 0 fully saturated rings. The molecule has 8 nitrogen and oxygen atoms in total. The number of nitrogens with one attached hydrogen (secondary N) is 4. The second kappa shape index (κ2) is 6.58. The van der Waals surface area contributed by atoms with Crippen LogP contribution in [-0.2, 0) is 9.59 Å². The van der Waals surface area contributed by atoms with Crippen molar-refractivity contribution >= 4 is 23.2 Å². The number of Topliss-reactive ketones (excluding diaryl/α,β-unsaturated/α-hetero) is 1. The third-order valence-electron chi connectivity index (χ3n) is 5.34. The van der Waals surface area contributed by atoms with Crippen molar-refractivity contribution in [1.82, 2.24) is 9.97 Å². The van der Waals surface area contributed by atoms with Crippen molar-refractivity contribution in [3.63, 3.8) is 0 Å². The van der Waals surface area contributed by atoms with E-state index in [0.29, 0.717) is 29.8 Å². The van der Waals surface area contributed by atoms with Crippen LogP contribution in [0.5, 0.6) is 0 Å². The molecule has 1 atom stereocenters. The van der Waals surface area contributed by atoms with Gasteiger partial charge in [0, 0.05) is 24.9 Å². The van der Waals surface area contributed by atoms with Crippen molar-refractivity contribution in [2.75, 3.05) is 10.6 Å². The lowest BCUT2D eigenvalue weighted by molar-refractivity contribution is -0.118. The number of aromatic nitrogens is 2. The molecule has 0 radical (unpaired) electrons. The standard InChI is InChI=1S/C21H22N4O4/c1-10(26)22-12-6-4-11(5-7-12)15-13-8-21(2,3)9-14(27)17(13)23-18-16(15)19(28)25-20(29)24-18/h4-7,15H,8-9H2,1-3H3,(H,22,26)(H3,23,24,25,28,29)/t15-/m0/s1. The lowest BCUT2D eigenvalue weighted by atomic mass is 9.68. The Morgan fingerprint density at radius 1 is 1.07 bits per heavy atom. The number of amides is 1. The molecular weight excluding hydrogens is 372 g/mol. The maximum Gasteiger partial charge on any atom is 0.327 e. The summed E-state index contributed by atoms with van der Waals surface area (Å²) < 4.78 is 0. The smallest absolute Gasteiger partial charge is 0.327 e. The van der Waals surface area contributed by atoms with E-state index in [2.05, 4.69) is 20.6 Å². The van der Waals surface area contributed by atoms with Gasteiger partial charge in [-0.3, -0.25) is 24.4 Å². The van der Waals surface area contributed by atoms with Gasteiger partial charge in [0.25, 0.3) is 5.56 Å². The van der Waals surface area contributed by atoms with Gasteiger partial charge in [0.15, 0.2) is 5.78 Å². The Kier molecular flexibility index (Phi) is 4.29. The summed E-state index contributed by atoms with van der Waals surface area (Å²) >= 11 is 0. The minimum absolute atomic E-state index is 0.0390. The summed E-state index contributed by atoms with van der Waals surface area (Å²) in [5.41, 5.74) is 1.75. The molecule has 0 bridgehead atoms. The zero-order chi connectivity index (χ0) is 20.9. The number of fused-ring (bicyclic) bond motifs is 1. The number of hydrogen-bond acceptors (Lipinski definition) is 5. The first-order chi connectivity index (χ1) is 13.6. The highest BCUT2D eigenvalue weighted by Crippen LogP contribution is 2.48. The Hall–Kier alpha value is -3.42. The molecule has 1 aliphatic carbocycles. The lowest BCUT2D eigenvalue weighted by Gasteiger charge is -2.39. The van der Waals surface area contributed by atoms with Gasteiger partial charge in [-0.1, -0.05) is 26.0 Å². The van der Waals surface area contributed by atoms with Crippen LogP contribution in [0, 0.1) is 5.41 Å². The number of anilines is 2. The Morgan fingerprint density at radius 3 is 2.41 bits per heavy atom. The van der Waals surface area contributed by atoms with E-state index in [-0.39, 0.29) is 22.9 Å². The highest BCUT2D eigenvalue weighted by atomic mass is 16.2. The lowest BCUT2D eigenvalue weighted by Crippen LogP contribution is -2.38. The fraction of sp³-hybridized carbons (Fsp3) is 0.333. The van der Waals surface area contributed by atoms with Gasteiger partial charge < -0.3 is 10.6 Å². The van der Waals surface area contributed by atoms with Crippen molar-refractivity contribution < 1.29 is 9.59 Å². The predicted octanol–water partition coefficient (Wildman–Crippen LogP) is 2.22. The van der Waals surface area contributed by atoms with Crippen molar-refractivity contribution in [3.8, 4) is 0 Å². The average Bonchev–Trinajstić information content (AvgIpc) is 2.60. The maximum absolute atomic E-state index is 12.8. The van der Waals surface area contributed by atoms with Crippen LogP contribution in [0.15, 0.2) is 45.1 Å². The van der Waals surface area contributed by atoms with Gasteiger partial charge in [-0.05, 0) is 35.1 Å². The Morgan fingerprint density at radius 2 is 1.76 bits per heavy atom. The molecule has 8 heteroatoms. The zero-order valence-corrected chi connectivity index (χ0v) is 16.4. The number of ketones is 1. The Labute approximate surface area is 166 Å². The third-order valence-corrected chi connectivity index (χ3v) is 5.34. The topological polar surface area (TPSA) is 124 Å². The molecule has 4 N–H and O–H groups in total. The SMILES string of the molecule is CC(=O)Nc1ccc([C@H]2C3=C(Nc4[nH]c(=O)[nH]c(=O)c42)C(=O)CC(C)(C)C3)cc1. The molecule has 1 aromatic carbocycles. The van der Waals surface area contributed by atoms with E-state index in [1.807, 2.05) is 26.0 Å². The van der Waals surface area contributed by atoms with Crippen LogP contribution in [0.2, 0.25) is 0 Å². The molecule has 1 amide bonds. The van der Waals surface area contributed by atoms with E-state index < -0.39 is 17.2 Å². The zero-order valence-electron chi connectivity index (χ0n) is 16.4. The van der Waals surface area contributed by atoms with Crippen molar-refractivity contribution in [3.05, 3.63) is 67.5 Å². The number of aromatic amines is 2. The minimum atomic E-state index is -0.631. The summed E-state index contributed by atoms with van der Waals surface area (Å²) in [5.74, 6) is -0.440. The highest BCUT2D eigenvalue weighted by Gasteiger charge is 2.41. The molecule has 0 saturated carbocycles. The summed E-state index contributed by atoms with van der Waals surface area (Å²) in [7, 11) is 0. The molecule has 4 rings (SSSR count). The Balaban J connectivity index is 1.91. The van der Waals surface area contributed by atoms with Gasteiger partial charge >= 0.3 is 5.69 Å². The van der Waals surface area contributed by atoms with E-state index >= 15 is 0 Å². The van der Waals surface area contributed by atoms with Crippen LogP contribution in [0.4, 0.5) is 11.5 Å². The highest BCUT2D eigenvalue weighted by molar-refractivity contribution is 6.01. The van der Waals surface area contributed by atoms with Gasteiger partial charge in [-0.2, -0.15) is 0 Å². The molecule has 1 aromatic heterocycles. The first kappa shape index (κ1) is 18.9. The number of H-pyrrole nitrogens is 2. The Bertz CT molecular complexity index is 1170. The summed E-state index contributed by atoms with van der Waals surface area (Å²) in [4.78, 5) is 53.6. The van der Waals surface area contributed by atoms with E-state index in [9.17, 15) is 19.2 Å². The first-order valence-corrected chi connectivity index (χ1v) is 9.42. The number of carbonyl (C=O) groups is 2. The minimum Gasteiger partial charge on any atom is -0.338 e. The van der Waals surface area contributed by atoms with Crippen LogP contribution in [0.3, 0.4) is 0 Å². The summed E-state index contributed by atoms with van der Waals surface area (Å²) in [6, 6.07) is 7.17. The molecule has 1 aliphatic heterocycles. The number of allylic oxidation sites excluding steroid dienone is 2. The fourth-order valence-electron chi connectivity index (χ4n) is 4.26. The van der Waals surface area contributed by atoms with Crippen LogP contribution < -0.4 is 21.9 Å².